The van der Waals surface area contributed by atoms with Crippen LogP contribution in [0.4, 0.5) is 11.5 Å². The van der Waals surface area contributed by atoms with Crippen molar-refractivity contribution in [3.8, 4) is 0 Å². The number of ether oxygens (including phenoxy) is 1. The van der Waals surface area contributed by atoms with Crippen molar-refractivity contribution in [1.82, 2.24) is 4.98 Å². The summed E-state index contributed by atoms with van der Waals surface area (Å²) in [5, 5.41) is 13.6. The standard InChI is InChI=1S/C10H15N3O3/c1-8(7-16-2)6-12-10-5-9(13(14)15)3-4-11-10/h3-5,8H,6-7H2,1-2H3,(H,11,12). The summed E-state index contributed by atoms with van der Waals surface area (Å²) in [6, 6.07) is 2.78. The molecular weight excluding hydrogens is 210 g/mol. The number of pyridine rings is 1. The largest absolute Gasteiger partial charge is 0.384 e. The number of nitro groups is 1. The van der Waals surface area contributed by atoms with E-state index in [1.54, 1.807) is 7.11 Å². The Morgan fingerprint density at radius 1 is 1.69 bits per heavy atom. The maximum Gasteiger partial charge on any atom is 0.274 e. The number of methoxy groups -OCH3 is 1. The lowest BCUT2D eigenvalue weighted by atomic mass is 10.2. The molecule has 0 saturated carbocycles. The topological polar surface area (TPSA) is 77.3 Å². The van der Waals surface area contributed by atoms with Crippen molar-refractivity contribution >= 4 is 11.5 Å². The fourth-order valence-electron chi connectivity index (χ4n) is 1.25. The Hall–Kier alpha value is -1.69. The van der Waals surface area contributed by atoms with Crippen LogP contribution in [0.2, 0.25) is 0 Å². The van der Waals surface area contributed by atoms with Gasteiger partial charge in [0.2, 0.25) is 0 Å². The normalized spacial score (nSPS) is 12.1. The molecule has 1 aromatic rings. The van der Waals surface area contributed by atoms with Gasteiger partial charge in [0, 0.05) is 25.9 Å². The highest BCUT2D eigenvalue weighted by Crippen LogP contribution is 2.14. The van der Waals surface area contributed by atoms with Crippen molar-refractivity contribution in [3.63, 3.8) is 0 Å². The summed E-state index contributed by atoms with van der Waals surface area (Å²) < 4.78 is 4.99. The summed E-state index contributed by atoms with van der Waals surface area (Å²) in [6.45, 7) is 3.33. The molecule has 6 nitrogen and oxygen atoms in total. The molecule has 88 valence electrons. The molecule has 0 spiro atoms. The second-order valence-corrected chi connectivity index (χ2v) is 3.60. The van der Waals surface area contributed by atoms with E-state index in [1.807, 2.05) is 6.92 Å². The van der Waals surface area contributed by atoms with Crippen molar-refractivity contribution in [2.75, 3.05) is 25.6 Å². The van der Waals surface area contributed by atoms with E-state index in [1.165, 1.54) is 18.3 Å². The van der Waals surface area contributed by atoms with Gasteiger partial charge in [-0.1, -0.05) is 6.92 Å². The molecule has 0 radical (unpaired) electrons. The highest BCUT2D eigenvalue weighted by Gasteiger charge is 2.07. The van der Waals surface area contributed by atoms with Crippen LogP contribution in [-0.2, 0) is 4.74 Å². The van der Waals surface area contributed by atoms with Gasteiger partial charge in [-0.05, 0) is 5.92 Å². The summed E-state index contributed by atoms with van der Waals surface area (Å²) >= 11 is 0. The molecule has 0 aliphatic rings. The summed E-state index contributed by atoms with van der Waals surface area (Å²) in [7, 11) is 1.64. The number of hydrogen-bond acceptors (Lipinski definition) is 5. The Kier molecular flexibility index (Phi) is 4.65. The highest BCUT2D eigenvalue weighted by molar-refractivity contribution is 5.44. The second-order valence-electron chi connectivity index (χ2n) is 3.60. The van der Waals surface area contributed by atoms with Gasteiger partial charge in [0.15, 0.2) is 0 Å². The highest BCUT2D eigenvalue weighted by atomic mass is 16.6. The van der Waals surface area contributed by atoms with E-state index in [4.69, 9.17) is 4.74 Å². The van der Waals surface area contributed by atoms with E-state index < -0.39 is 4.92 Å². The molecule has 0 saturated heterocycles. The molecule has 0 bridgehead atoms. The lowest BCUT2D eigenvalue weighted by molar-refractivity contribution is -0.384. The molecule has 0 aromatic carbocycles. The van der Waals surface area contributed by atoms with Gasteiger partial charge in [0.25, 0.3) is 5.69 Å². The molecule has 6 heteroatoms. The molecule has 1 atom stereocenters. The quantitative estimate of drug-likeness (QED) is 0.588. The maximum absolute atomic E-state index is 10.5. The van der Waals surface area contributed by atoms with E-state index in [2.05, 4.69) is 10.3 Å². The van der Waals surface area contributed by atoms with E-state index >= 15 is 0 Å². The molecule has 1 N–H and O–H groups in total. The first-order valence-electron chi connectivity index (χ1n) is 4.96. The van der Waals surface area contributed by atoms with Gasteiger partial charge in [-0.2, -0.15) is 0 Å². The van der Waals surface area contributed by atoms with Crippen molar-refractivity contribution in [2.24, 2.45) is 5.92 Å². The van der Waals surface area contributed by atoms with Gasteiger partial charge in [0.1, 0.15) is 5.82 Å². The van der Waals surface area contributed by atoms with Crippen LogP contribution in [0, 0.1) is 16.0 Å². The van der Waals surface area contributed by atoms with E-state index in [-0.39, 0.29) is 5.69 Å². The third-order valence-corrected chi connectivity index (χ3v) is 2.04. The smallest absolute Gasteiger partial charge is 0.274 e. The van der Waals surface area contributed by atoms with Gasteiger partial charge in [0.05, 0.1) is 17.6 Å². The Morgan fingerprint density at radius 2 is 2.44 bits per heavy atom. The SMILES string of the molecule is COCC(C)CNc1cc([N+](=O)[O-])ccn1. The molecule has 1 unspecified atom stereocenters. The van der Waals surface area contributed by atoms with Crippen LogP contribution in [0.25, 0.3) is 0 Å². The molecule has 0 fully saturated rings. The fourth-order valence-corrected chi connectivity index (χ4v) is 1.25. The van der Waals surface area contributed by atoms with Crippen LogP contribution < -0.4 is 5.32 Å². The molecule has 0 aliphatic heterocycles. The van der Waals surface area contributed by atoms with Crippen molar-refractivity contribution in [1.29, 1.82) is 0 Å². The Labute approximate surface area is 93.8 Å². The van der Waals surface area contributed by atoms with Crippen LogP contribution >= 0.6 is 0 Å². The number of hydrogen-bond donors (Lipinski definition) is 1. The molecule has 0 aliphatic carbocycles. The minimum atomic E-state index is -0.439. The zero-order chi connectivity index (χ0) is 12.0. The number of anilines is 1. The first-order chi connectivity index (χ1) is 7.63. The third-order valence-electron chi connectivity index (χ3n) is 2.04. The zero-order valence-electron chi connectivity index (χ0n) is 9.34. The van der Waals surface area contributed by atoms with E-state index in [0.29, 0.717) is 24.9 Å². The predicted molar refractivity (Wildman–Crippen MR) is 60.4 cm³/mol. The van der Waals surface area contributed by atoms with Gasteiger partial charge in [-0.25, -0.2) is 4.98 Å². The van der Waals surface area contributed by atoms with Gasteiger partial charge in [-0.15, -0.1) is 0 Å². The number of nitrogens with one attached hydrogen (secondary N) is 1. The number of nitrogens with zero attached hydrogens (tertiary/aromatic N) is 2. The molecule has 0 amide bonds. The fraction of sp³-hybridized carbons (Fsp3) is 0.500. The van der Waals surface area contributed by atoms with Gasteiger partial charge >= 0.3 is 0 Å². The van der Waals surface area contributed by atoms with E-state index in [0.717, 1.165) is 0 Å². The second kappa shape index (κ2) is 6.02. The van der Waals surface area contributed by atoms with E-state index in [9.17, 15) is 10.1 Å². The number of aromatic nitrogens is 1. The number of rotatable bonds is 6. The third kappa shape index (κ3) is 3.82. The van der Waals surface area contributed by atoms with Crippen LogP contribution in [0.15, 0.2) is 18.3 Å². The molecule has 1 heterocycles. The Morgan fingerprint density at radius 3 is 3.06 bits per heavy atom. The van der Waals surface area contributed by atoms with Crippen LogP contribution in [-0.4, -0.2) is 30.2 Å². The lowest BCUT2D eigenvalue weighted by Crippen LogP contribution is -2.16. The zero-order valence-corrected chi connectivity index (χ0v) is 9.34. The summed E-state index contributed by atoms with van der Waals surface area (Å²) in [6.07, 6.45) is 1.42. The Bertz CT molecular complexity index is 357. The molecule has 1 rings (SSSR count). The minimum absolute atomic E-state index is 0.0388. The summed E-state index contributed by atoms with van der Waals surface area (Å²) in [5.41, 5.74) is 0.0388. The maximum atomic E-state index is 10.5. The van der Waals surface area contributed by atoms with Crippen molar-refractivity contribution in [3.05, 3.63) is 28.4 Å². The lowest BCUT2D eigenvalue weighted by Gasteiger charge is -2.11. The first-order valence-corrected chi connectivity index (χ1v) is 4.96. The molecule has 16 heavy (non-hydrogen) atoms. The minimum Gasteiger partial charge on any atom is -0.384 e. The van der Waals surface area contributed by atoms with Crippen molar-refractivity contribution < 1.29 is 9.66 Å². The van der Waals surface area contributed by atoms with Crippen molar-refractivity contribution in [2.45, 2.75) is 6.92 Å². The average molecular weight is 225 g/mol. The van der Waals surface area contributed by atoms with Gasteiger partial charge in [-0.3, -0.25) is 10.1 Å². The van der Waals surface area contributed by atoms with Gasteiger partial charge < -0.3 is 10.1 Å². The molecular formula is C10H15N3O3. The summed E-state index contributed by atoms with van der Waals surface area (Å²) in [5.74, 6) is 0.836. The monoisotopic (exact) mass is 225 g/mol. The predicted octanol–water partition coefficient (Wildman–Crippen LogP) is 1.68. The van der Waals surface area contributed by atoms with Crippen LogP contribution in [0.1, 0.15) is 6.92 Å². The Balaban J connectivity index is 2.54. The average Bonchev–Trinajstić information content (AvgIpc) is 2.27. The van der Waals surface area contributed by atoms with Crippen LogP contribution in [0.5, 0.6) is 0 Å². The van der Waals surface area contributed by atoms with Crippen LogP contribution in [0.3, 0.4) is 0 Å². The molecule has 1 aromatic heterocycles. The summed E-state index contributed by atoms with van der Waals surface area (Å²) in [4.78, 5) is 14.1. The first kappa shape index (κ1) is 12.4.